The quantitative estimate of drug-likeness (QED) is 0.287. The van der Waals surface area contributed by atoms with Gasteiger partial charge in [0.2, 0.25) is 0 Å². The Morgan fingerprint density at radius 1 is 0.656 bits per heavy atom. The molecule has 5 aromatic carbocycles. The third-order valence-electron chi connectivity index (χ3n) is 6.25. The van der Waals surface area contributed by atoms with E-state index in [4.69, 9.17) is 4.99 Å². The van der Waals surface area contributed by atoms with Crippen molar-refractivity contribution in [2.45, 2.75) is 16.6 Å². The molecular formula is C29H21NOS. The second-order valence-electron chi connectivity index (χ2n) is 8.11. The van der Waals surface area contributed by atoms with Gasteiger partial charge in [0.15, 0.2) is 0 Å². The molecule has 0 N–H and O–H groups in total. The van der Waals surface area contributed by atoms with Crippen LogP contribution in [0.25, 0.3) is 21.5 Å². The molecule has 6 rings (SSSR count). The van der Waals surface area contributed by atoms with E-state index in [0.29, 0.717) is 6.42 Å². The van der Waals surface area contributed by atoms with Crippen LogP contribution in [0.1, 0.15) is 22.8 Å². The first-order chi connectivity index (χ1) is 15.8. The lowest BCUT2D eigenvalue weighted by atomic mass is 9.94. The molecule has 0 radical (unpaired) electrons. The van der Waals surface area contributed by atoms with Crippen LogP contribution in [-0.2, 0) is 10.8 Å². The second kappa shape index (κ2) is 7.85. The fourth-order valence-electron chi connectivity index (χ4n) is 4.72. The minimum atomic E-state index is -1.22. The van der Waals surface area contributed by atoms with Gasteiger partial charge in [-0.2, -0.15) is 0 Å². The maximum Gasteiger partial charge on any atom is 0.0794 e. The van der Waals surface area contributed by atoms with Crippen molar-refractivity contribution in [2.75, 3.05) is 0 Å². The Bertz CT molecular complexity index is 1520. The van der Waals surface area contributed by atoms with E-state index in [0.717, 1.165) is 32.8 Å². The number of rotatable bonds is 2. The van der Waals surface area contributed by atoms with E-state index in [2.05, 4.69) is 84.9 Å². The standard InChI is InChI=1S/C29H21NOS/c31-32-28-18-6-5-17-26(28)30-27(24-15-7-11-20-9-1-3-13-22(20)24)19-29(32)25-16-8-12-21-10-2-4-14-23(21)25/h1-18,29H,19H2/t29-,32+/m0/s1. The highest BCUT2D eigenvalue weighted by Crippen LogP contribution is 2.40. The Morgan fingerprint density at radius 2 is 1.28 bits per heavy atom. The first-order valence-electron chi connectivity index (χ1n) is 10.8. The maximum absolute atomic E-state index is 14.0. The van der Waals surface area contributed by atoms with Gasteiger partial charge < -0.3 is 0 Å². The molecule has 5 aromatic rings. The third-order valence-corrected chi connectivity index (χ3v) is 7.96. The molecule has 0 aliphatic carbocycles. The fraction of sp³-hybridized carbons (Fsp3) is 0.0690. The third kappa shape index (κ3) is 3.17. The number of benzene rings is 5. The molecule has 2 nitrogen and oxygen atoms in total. The van der Waals surface area contributed by atoms with Crippen molar-refractivity contribution in [3.63, 3.8) is 0 Å². The van der Waals surface area contributed by atoms with Crippen molar-refractivity contribution in [2.24, 2.45) is 4.99 Å². The van der Waals surface area contributed by atoms with E-state index >= 15 is 0 Å². The normalized spacial score (nSPS) is 18.2. The number of para-hydroxylation sites is 1. The summed E-state index contributed by atoms with van der Waals surface area (Å²) in [4.78, 5) is 5.90. The molecule has 1 heterocycles. The Hall–Kier alpha value is -3.56. The van der Waals surface area contributed by atoms with Gasteiger partial charge in [0.05, 0.1) is 32.3 Å². The van der Waals surface area contributed by atoms with Crippen LogP contribution in [0.15, 0.2) is 119 Å². The summed E-state index contributed by atoms with van der Waals surface area (Å²) in [7, 11) is -1.22. The van der Waals surface area contributed by atoms with Crippen LogP contribution >= 0.6 is 0 Å². The molecule has 0 unspecified atom stereocenters. The molecule has 3 heteroatoms. The minimum absolute atomic E-state index is 0.178. The summed E-state index contributed by atoms with van der Waals surface area (Å²) < 4.78 is 14.0. The van der Waals surface area contributed by atoms with Gasteiger partial charge in [-0.25, -0.2) is 0 Å². The zero-order chi connectivity index (χ0) is 21.5. The minimum Gasteiger partial charge on any atom is -0.254 e. The van der Waals surface area contributed by atoms with E-state index in [9.17, 15) is 4.21 Å². The molecule has 0 amide bonds. The monoisotopic (exact) mass is 431 g/mol. The van der Waals surface area contributed by atoms with Crippen LogP contribution in [-0.4, -0.2) is 9.92 Å². The van der Waals surface area contributed by atoms with Crippen molar-refractivity contribution in [3.05, 3.63) is 120 Å². The van der Waals surface area contributed by atoms with Crippen molar-refractivity contribution >= 4 is 43.7 Å². The molecule has 0 saturated heterocycles. The molecule has 1 aliphatic rings. The highest BCUT2D eigenvalue weighted by molar-refractivity contribution is 7.85. The van der Waals surface area contributed by atoms with Crippen LogP contribution in [0, 0.1) is 0 Å². The van der Waals surface area contributed by atoms with Crippen LogP contribution in [0.3, 0.4) is 0 Å². The maximum atomic E-state index is 14.0. The summed E-state index contributed by atoms with van der Waals surface area (Å²) in [6.45, 7) is 0. The molecule has 1 aliphatic heterocycles. The van der Waals surface area contributed by atoms with Crippen LogP contribution in [0.5, 0.6) is 0 Å². The Morgan fingerprint density at radius 3 is 2.12 bits per heavy atom. The smallest absolute Gasteiger partial charge is 0.0794 e. The van der Waals surface area contributed by atoms with Crippen molar-refractivity contribution in [1.29, 1.82) is 0 Å². The van der Waals surface area contributed by atoms with Crippen molar-refractivity contribution in [1.82, 2.24) is 0 Å². The lowest BCUT2D eigenvalue weighted by Gasteiger charge is -2.19. The van der Waals surface area contributed by atoms with E-state index in [1.54, 1.807) is 0 Å². The van der Waals surface area contributed by atoms with Gasteiger partial charge in [0, 0.05) is 12.0 Å². The van der Waals surface area contributed by atoms with Gasteiger partial charge in [-0.3, -0.25) is 9.20 Å². The summed E-state index contributed by atoms with van der Waals surface area (Å²) in [5.74, 6) is 0. The lowest BCUT2D eigenvalue weighted by Crippen LogP contribution is -2.12. The molecule has 0 saturated carbocycles. The predicted octanol–water partition coefficient (Wildman–Crippen LogP) is 7.37. The average Bonchev–Trinajstić information content (AvgIpc) is 3.00. The second-order valence-corrected chi connectivity index (χ2v) is 9.72. The van der Waals surface area contributed by atoms with Gasteiger partial charge in [0.1, 0.15) is 0 Å². The largest absolute Gasteiger partial charge is 0.254 e. The number of nitrogens with zero attached hydrogens (tertiary/aromatic N) is 1. The summed E-state index contributed by atoms with van der Waals surface area (Å²) in [5.41, 5.74) is 4.02. The summed E-state index contributed by atoms with van der Waals surface area (Å²) >= 11 is 0. The van der Waals surface area contributed by atoms with Gasteiger partial charge in [-0.05, 0) is 39.2 Å². The van der Waals surface area contributed by atoms with Gasteiger partial charge >= 0.3 is 0 Å². The number of hydrogen-bond donors (Lipinski definition) is 0. The molecular weight excluding hydrogens is 410 g/mol. The molecule has 0 spiro atoms. The van der Waals surface area contributed by atoms with Gasteiger partial charge in [-0.1, -0.05) is 97.1 Å². The number of aliphatic imine (C=N–C) groups is 1. The van der Waals surface area contributed by atoms with Crippen LogP contribution < -0.4 is 0 Å². The average molecular weight is 432 g/mol. The van der Waals surface area contributed by atoms with Crippen molar-refractivity contribution < 1.29 is 4.21 Å². The Labute approximate surface area is 189 Å². The number of hydrogen-bond acceptors (Lipinski definition) is 2. The molecule has 0 fully saturated rings. The topological polar surface area (TPSA) is 29.4 Å². The van der Waals surface area contributed by atoms with E-state index < -0.39 is 10.8 Å². The van der Waals surface area contributed by atoms with Crippen LogP contribution in [0.4, 0.5) is 5.69 Å². The summed E-state index contributed by atoms with van der Waals surface area (Å²) in [5, 5.41) is 4.51. The van der Waals surface area contributed by atoms with Crippen LogP contribution in [0.2, 0.25) is 0 Å². The number of fused-ring (bicyclic) bond motifs is 3. The van der Waals surface area contributed by atoms with E-state index in [1.165, 1.54) is 16.2 Å². The van der Waals surface area contributed by atoms with E-state index in [1.807, 2.05) is 24.3 Å². The molecule has 2 atom stereocenters. The Kier molecular flexibility index (Phi) is 4.70. The van der Waals surface area contributed by atoms with Gasteiger partial charge in [-0.15, -0.1) is 0 Å². The SMILES string of the molecule is O=[S@@]1c2ccccc2N=C(c2cccc3ccccc23)C[C@H]1c1cccc2ccccc12. The zero-order valence-electron chi connectivity index (χ0n) is 17.4. The first-order valence-corrected chi connectivity index (χ1v) is 12.0. The molecule has 0 aromatic heterocycles. The zero-order valence-corrected chi connectivity index (χ0v) is 18.3. The summed E-state index contributed by atoms with van der Waals surface area (Å²) in [6, 6.07) is 37.3. The van der Waals surface area contributed by atoms with E-state index in [-0.39, 0.29) is 5.25 Å². The summed E-state index contributed by atoms with van der Waals surface area (Å²) in [6.07, 6.45) is 0.614. The predicted molar refractivity (Wildman–Crippen MR) is 134 cm³/mol. The first kappa shape index (κ1) is 19.1. The highest BCUT2D eigenvalue weighted by atomic mass is 32.2. The Balaban J connectivity index is 1.60. The van der Waals surface area contributed by atoms with Gasteiger partial charge in [0.25, 0.3) is 0 Å². The molecule has 32 heavy (non-hydrogen) atoms. The lowest BCUT2D eigenvalue weighted by molar-refractivity contribution is 0.674. The molecule has 154 valence electrons. The fourth-order valence-corrected chi connectivity index (χ4v) is 6.30. The molecule has 0 bridgehead atoms. The van der Waals surface area contributed by atoms with Crippen molar-refractivity contribution in [3.8, 4) is 0 Å². The highest BCUT2D eigenvalue weighted by Gasteiger charge is 2.29.